The van der Waals surface area contributed by atoms with Gasteiger partial charge < -0.3 is 4.74 Å². The van der Waals surface area contributed by atoms with Crippen LogP contribution in [0.5, 0.6) is 0 Å². The van der Waals surface area contributed by atoms with E-state index in [4.69, 9.17) is 4.74 Å². The van der Waals surface area contributed by atoms with E-state index in [1.807, 2.05) is 0 Å². The van der Waals surface area contributed by atoms with Gasteiger partial charge in [-0.05, 0) is 37.5 Å². The van der Waals surface area contributed by atoms with E-state index >= 15 is 0 Å². The van der Waals surface area contributed by atoms with E-state index in [1.54, 1.807) is 0 Å². The van der Waals surface area contributed by atoms with E-state index in [1.165, 1.54) is 5.57 Å². The number of fused-ring (bicyclic) bond motifs is 1. The summed E-state index contributed by atoms with van der Waals surface area (Å²) in [6, 6.07) is 0. The van der Waals surface area contributed by atoms with Crippen LogP contribution in [0.1, 0.15) is 32.6 Å². The van der Waals surface area contributed by atoms with Crippen molar-refractivity contribution in [1.82, 2.24) is 0 Å². The maximum atomic E-state index is 6.13. The Balaban J connectivity index is 1.71. The van der Waals surface area contributed by atoms with E-state index in [0.717, 1.165) is 31.4 Å². The van der Waals surface area contributed by atoms with E-state index in [9.17, 15) is 0 Å². The van der Waals surface area contributed by atoms with Gasteiger partial charge in [-0.1, -0.05) is 30.7 Å². The largest absolute Gasteiger partial charge is 0.483 e. The number of ether oxygens (including phenoxy) is 1. The first kappa shape index (κ1) is 9.95. The van der Waals surface area contributed by atoms with Crippen molar-refractivity contribution in [3.63, 3.8) is 0 Å². The van der Waals surface area contributed by atoms with Crippen LogP contribution in [0.2, 0.25) is 0 Å². The molecule has 3 aliphatic rings. The highest BCUT2D eigenvalue weighted by Gasteiger charge is 2.55. The van der Waals surface area contributed by atoms with Gasteiger partial charge in [0.1, 0.15) is 11.4 Å². The number of allylic oxidation sites excluding steroid dienone is 5. The standard InChI is InChI=1S/C15H18O/c1-2-12-8-9-15(11-13(15)10-12)16-14-6-4-3-5-7-14/h4,6-10,13H,2-3,5,11H2,1H3. The molecule has 0 aromatic heterocycles. The van der Waals surface area contributed by atoms with Crippen molar-refractivity contribution in [2.45, 2.75) is 38.2 Å². The minimum Gasteiger partial charge on any atom is -0.483 e. The van der Waals surface area contributed by atoms with Gasteiger partial charge in [0.25, 0.3) is 0 Å². The molecule has 0 amide bonds. The second kappa shape index (κ2) is 3.65. The zero-order valence-electron chi connectivity index (χ0n) is 9.78. The van der Waals surface area contributed by atoms with Gasteiger partial charge in [-0.25, -0.2) is 0 Å². The molecular weight excluding hydrogens is 196 g/mol. The molecule has 2 atom stereocenters. The van der Waals surface area contributed by atoms with Crippen molar-refractivity contribution in [2.24, 2.45) is 5.92 Å². The lowest BCUT2D eigenvalue weighted by molar-refractivity contribution is 0.133. The van der Waals surface area contributed by atoms with Crippen molar-refractivity contribution in [1.29, 1.82) is 0 Å². The van der Waals surface area contributed by atoms with Crippen molar-refractivity contribution < 1.29 is 4.74 Å². The van der Waals surface area contributed by atoms with Gasteiger partial charge in [0, 0.05) is 12.3 Å². The predicted octanol–water partition coefficient (Wildman–Crippen LogP) is 3.90. The second-order valence-corrected chi connectivity index (χ2v) is 4.88. The highest BCUT2D eigenvalue weighted by atomic mass is 16.5. The maximum Gasteiger partial charge on any atom is 0.134 e. The summed E-state index contributed by atoms with van der Waals surface area (Å²) in [6.07, 6.45) is 17.9. The van der Waals surface area contributed by atoms with Gasteiger partial charge in [-0.2, -0.15) is 0 Å². The fourth-order valence-corrected chi connectivity index (χ4v) is 2.51. The molecule has 0 radical (unpaired) electrons. The van der Waals surface area contributed by atoms with Crippen molar-refractivity contribution in [3.05, 3.63) is 47.8 Å². The van der Waals surface area contributed by atoms with E-state index in [-0.39, 0.29) is 5.60 Å². The molecule has 0 N–H and O–H groups in total. The second-order valence-electron chi connectivity index (χ2n) is 4.88. The summed E-state index contributed by atoms with van der Waals surface area (Å²) in [6.45, 7) is 2.21. The fourth-order valence-electron chi connectivity index (χ4n) is 2.51. The molecule has 0 aliphatic heterocycles. The Labute approximate surface area is 97.2 Å². The molecule has 2 unspecified atom stereocenters. The average molecular weight is 214 g/mol. The topological polar surface area (TPSA) is 9.23 Å². The van der Waals surface area contributed by atoms with Gasteiger partial charge in [0.15, 0.2) is 0 Å². The third-order valence-corrected chi connectivity index (χ3v) is 3.68. The van der Waals surface area contributed by atoms with Gasteiger partial charge in [0.2, 0.25) is 0 Å². The zero-order chi connectivity index (χ0) is 11.0. The molecule has 0 saturated heterocycles. The molecule has 3 rings (SSSR count). The van der Waals surface area contributed by atoms with Crippen LogP contribution in [0.3, 0.4) is 0 Å². The Hall–Kier alpha value is -1.24. The highest BCUT2D eigenvalue weighted by Crippen LogP contribution is 2.53. The minimum absolute atomic E-state index is 0.00613. The molecule has 0 bridgehead atoms. The zero-order valence-corrected chi connectivity index (χ0v) is 9.78. The Morgan fingerprint density at radius 1 is 1.38 bits per heavy atom. The molecule has 1 saturated carbocycles. The monoisotopic (exact) mass is 214 g/mol. The molecule has 0 aromatic carbocycles. The van der Waals surface area contributed by atoms with Crippen LogP contribution in [-0.2, 0) is 4.74 Å². The molecule has 0 spiro atoms. The summed E-state index contributed by atoms with van der Waals surface area (Å²) in [4.78, 5) is 0. The van der Waals surface area contributed by atoms with Crippen LogP contribution in [0.4, 0.5) is 0 Å². The number of rotatable bonds is 3. The lowest BCUT2D eigenvalue weighted by Crippen LogP contribution is -2.15. The predicted molar refractivity (Wildman–Crippen MR) is 65.9 cm³/mol. The van der Waals surface area contributed by atoms with Crippen LogP contribution in [0.25, 0.3) is 0 Å². The Bertz CT molecular complexity index is 411. The minimum atomic E-state index is 0.00613. The molecule has 3 aliphatic carbocycles. The van der Waals surface area contributed by atoms with Crippen LogP contribution < -0.4 is 0 Å². The van der Waals surface area contributed by atoms with Gasteiger partial charge >= 0.3 is 0 Å². The van der Waals surface area contributed by atoms with Gasteiger partial charge in [-0.15, -0.1) is 0 Å². The Morgan fingerprint density at radius 3 is 3.00 bits per heavy atom. The number of hydrogen-bond acceptors (Lipinski definition) is 1. The molecule has 84 valence electrons. The van der Waals surface area contributed by atoms with Crippen LogP contribution in [-0.4, -0.2) is 5.60 Å². The summed E-state index contributed by atoms with van der Waals surface area (Å²) in [5, 5.41) is 0. The summed E-state index contributed by atoms with van der Waals surface area (Å²) >= 11 is 0. The SMILES string of the molecule is CCC1=CC2CC2(OC2=CCCC=C2)C=C1. The van der Waals surface area contributed by atoms with E-state index in [0.29, 0.717) is 5.92 Å². The van der Waals surface area contributed by atoms with E-state index < -0.39 is 0 Å². The molecule has 1 nitrogen and oxygen atoms in total. The number of hydrogen-bond donors (Lipinski definition) is 0. The molecule has 0 heterocycles. The summed E-state index contributed by atoms with van der Waals surface area (Å²) in [7, 11) is 0. The van der Waals surface area contributed by atoms with Gasteiger partial charge in [-0.3, -0.25) is 0 Å². The highest BCUT2D eigenvalue weighted by molar-refractivity contribution is 5.39. The molecule has 1 fully saturated rings. The third kappa shape index (κ3) is 1.64. The third-order valence-electron chi connectivity index (χ3n) is 3.68. The Morgan fingerprint density at radius 2 is 2.31 bits per heavy atom. The van der Waals surface area contributed by atoms with Crippen molar-refractivity contribution >= 4 is 0 Å². The first-order valence-corrected chi connectivity index (χ1v) is 6.28. The smallest absolute Gasteiger partial charge is 0.134 e. The van der Waals surface area contributed by atoms with Crippen molar-refractivity contribution in [2.75, 3.05) is 0 Å². The summed E-state index contributed by atoms with van der Waals surface area (Å²) in [5.74, 6) is 1.68. The van der Waals surface area contributed by atoms with E-state index in [2.05, 4.69) is 43.4 Å². The fraction of sp³-hybridized carbons (Fsp3) is 0.467. The van der Waals surface area contributed by atoms with Crippen molar-refractivity contribution in [3.8, 4) is 0 Å². The average Bonchev–Trinajstić information content (AvgIpc) is 3.03. The molecule has 0 aromatic rings. The summed E-state index contributed by atoms with van der Waals surface area (Å²) in [5.41, 5.74) is 1.46. The molecular formula is C15H18O. The summed E-state index contributed by atoms with van der Waals surface area (Å²) < 4.78 is 6.13. The quantitative estimate of drug-likeness (QED) is 0.692. The lowest BCUT2D eigenvalue weighted by atomic mass is 10.0. The molecule has 1 heteroatoms. The van der Waals surface area contributed by atoms with Crippen LogP contribution in [0.15, 0.2) is 47.8 Å². The first-order valence-electron chi connectivity index (χ1n) is 6.28. The first-order chi connectivity index (χ1) is 7.82. The molecule has 16 heavy (non-hydrogen) atoms. The van der Waals surface area contributed by atoms with Crippen LogP contribution >= 0.6 is 0 Å². The Kier molecular flexibility index (Phi) is 2.27. The maximum absolute atomic E-state index is 6.13. The van der Waals surface area contributed by atoms with Gasteiger partial charge in [0.05, 0.1) is 0 Å². The lowest BCUT2D eigenvalue weighted by Gasteiger charge is -2.20. The van der Waals surface area contributed by atoms with Crippen LogP contribution in [0, 0.1) is 5.92 Å². The normalized spacial score (nSPS) is 35.2.